The number of hydrogen-bond donors (Lipinski definition) is 1. The molecule has 0 spiro atoms. The Balaban J connectivity index is 1.62. The zero-order valence-electron chi connectivity index (χ0n) is 13.5. The van der Waals surface area contributed by atoms with Gasteiger partial charge in [0, 0.05) is 28.9 Å². The maximum atomic E-state index is 9.20. The molecule has 3 heterocycles. The second-order valence-electron chi connectivity index (χ2n) is 6.61. The van der Waals surface area contributed by atoms with Crippen molar-refractivity contribution < 1.29 is 0 Å². The van der Waals surface area contributed by atoms with Gasteiger partial charge in [0.25, 0.3) is 0 Å². The number of nitrogens with zero attached hydrogens (tertiary/aromatic N) is 5. The van der Waals surface area contributed by atoms with E-state index in [0.717, 1.165) is 34.5 Å². The SMILES string of the molecule is N#CC[C@H](CC1CCCC1)n1cc(-c2cnnc3[nH]ccc23)cn1. The fourth-order valence-corrected chi connectivity index (χ4v) is 3.80. The summed E-state index contributed by atoms with van der Waals surface area (Å²) in [6, 6.07) is 4.48. The summed E-state index contributed by atoms with van der Waals surface area (Å²) in [7, 11) is 0. The van der Waals surface area contributed by atoms with Gasteiger partial charge in [-0.2, -0.15) is 15.5 Å². The van der Waals surface area contributed by atoms with E-state index in [2.05, 4.69) is 26.3 Å². The van der Waals surface area contributed by atoms with Gasteiger partial charge in [0.1, 0.15) is 0 Å². The van der Waals surface area contributed by atoms with E-state index in [4.69, 9.17) is 0 Å². The van der Waals surface area contributed by atoms with E-state index in [1.165, 1.54) is 25.7 Å². The van der Waals surface area contributed by atoms with Gasteiger partial charge in [-0.3, -0.25) is 4.68 Å². The largest absolute Gasteiger partial charge is 0.345 e. The first-order chi connectivity index (χ1) is 11.8. The molecule has 1 atom stereocenters. The van der Waals surface area contributed by atoms with Gasteiger partial charge in [-0.25, -0.2) is 0 Å². The molecule has 1 fully saturated rings. The number of nitrogens with one attached hydrogen (secondary N) is 1. The Morgan fingerprint density at radius 3 is 3.04 bits per heavy atom. The molecule has 1 saturated carbocycles. The summed E-state index contributed by atoms with van der Waals surface area (Å²) in [6.07, 6.45) is 14.3. The average molecular weight is 320 g/mol. The number of aromatic amines is 1. The van der Waals surface area contributed by atoms with E-state index in [-0.39, 0.29) is 6.04 Å². The van der Waals surface area contributed by atoms with Crippen LogP contribution in [0.3, 0.4) is 0 Å². The summed E-state index contributed by atoms with van der Waals surface area (Å²) in [5.41, 5.74) is 2.81. The average Bonchev–Trinajstić information content (AvgIpc) is 3.34. The van der Waals surface area contributed by atoms with E-state index in [1.54, 1.807) is 6.20 Å². The molecule has 0 aliphatic heterocycles. The molecular formula is C18H20N6. The lowest BCUT2D eigenvalue weighted by molar-refractivity contribution is 0.350. The highest BCUT2D eigenvalue weighted by molar-refractivity contribution is 5.91. The van der Waals surface area contributed by atoms with E-state index in [1.807, 2.05) is 29.3 Å². The molecule has 4 rings (SSSR count). The standard InChI is InChI=1S/C18H20N6/c19-7-5-15(9-13-3-1-2-4-13)24-12-14(10-22-24)17-11-21-23-18-16(17)6-8-20-18/h6,8,10-13,15H,1-5,9H2,(H,20,23)/t15-/m1/s1. The van der Waals surface area contributed by atoms with Gasteiger partial charge in [0.05, 0.1) is 30.9 Å². The predicted molar refractivity (Wildman–Crippen MR) is 91.0 cm³/mol. The van der Waals surface area contributed by atoms with Gasteiger partial charge in [-0.1, -0.05) is 25.7 Å². The topological polar surface area (TPSA) is 83.2 Å². The van der Waals surface area contributed by atoms with Crippen molar-refractivity contribution in [3.05, 3.63) is 30.9 Å². The van der Waals surface area contributed by atoms with Crippen LogP contribution in [0.2, 0.25) is 0 Å². The van der Waals surface area contributed by atoms with Crippen molar-refractivity contribution in [3.63, 3.8) is 0 Å². The molecule has 0 radical (unpaired) electrons. The van der Waals surface area contributed by atoms with Crippen molar-refractivity contribution in [3.8, 4) is 17.2 Å². The smallest absolute Gasteiger partial charge is 0.160 e. The summed E-state index contributed by atoms with van der Waals surface area (Å²) in [6.45, 7) is 0. The zero-order chi connectivity index (χ0) is 16.4. The summed E-state index contributed by atoms with van der Waals surface area (Å²) < 4.78 is 1.97. The Morgan fingerprint density at radius 2 is 2.21 bits per heavy atom. The third-order valence-corrected chi connectivity index (χ3v) is 5.05. The van der Waals surface area contributed by atoms with Gasteiger partial charge < -0.3 is 4.98 Å². The summed E-state index contributed by atoms with van der Waals surface area (Å²) >= 11 is 0. The summed E-state index contributed by atoms with van der Waals surface area (Å²) in [4.78, 5) is 3.08. The monoisotopic (exact) mass is 320 g/mol. The quantitative estimate of drug-likeness (QED) is 0.774. The fraction of sp³-hybridized carbons (Fsp3) is 0.444. The molecule has 122 valence electrons. The molecule has 1 aliphatic rings. The van der Waals surface area contributed by atoms with Crippen molar-refractivity contribution >= 4 is 11.0 Å². The van der Waals surface area contributed by atoms with E-state index >= 15 is 0 Å². The molecule has 6 nitrogen and oxygen atoms in total. The normalized spacial score (nSPS) is 16.5. The van der Waals surface area contributed by atoms with Crippen LogP contribution in [0.1, 0.15) is 44.6 Å². The number of fused-ring (bicyclic) bond motifs is 1. The number of rotatable bonds is 5. The second kappa shape index (κ2) is 6.44. The third-order valence-electron chi connectivity index (χ3n) is 5.05. The van der Waals surface area contributed by atoms with Crippen LogP contribution in [0.15, 0.2) is 30.9 Å². The minimum Gasteiger partial charge on any atom is -0.345 e. The van der Waals surface area contributed by atoms with Crippen LogP contribution in [0, 0.1) is 17.2 Å². The number of aromatic nitrogens is 5. The highest BCUT2D eigenvalue weighted by atomic mass is 15.3. The van der Waals surface area contributed by atoms with Gasteiger partial charge in [0.2, 0.25) is 0 Å². The van der Waals surface area contributed by atoms with Crippen molar-refractivity contribution in [1.29, 1.82) is 5.26 Å². The lowest BCUT2D eigenvalue weighted by Gasteiger charge is -2.18. The Morgan fingerprint density at radius 1 is 1.33 bits per heavy atom. The first kappa shape index (κ1) is 14.9. The molecule has 1 aliphatic carbocycles. The molecule has 0 unspecified atom stereocenters. The molecule has 0 saturated heterocycles. The van der Waals surface area contributed by atoms with Gasteiger partial charge in [-0.15, -0.1) is 5.10 Å². The van der Waals surface area contributed by atoms with Crippen molar-refractivity contribution in [1.82, 2.24) is 25.0 Å². The molecule has 1 N–H and O–H groups in total. The highest BCUT2D eigenvalue weighted by Crippen LogP contribution is 2.34. The molecule has 0 bridgehead atoms. The molecule has 0 amide bonds. The van der Waals surface area contributed by atoms with Crippen LogP contribution in [0.4, 0.5) is 0 Å². The summed E-state index contributed by atoms with van der Waals surface area (Å²) in [5, 5.41) is 22.9. The van der Waals surface area contributed by atoms with Crippen LogP contribution < -0.4 is 0 Å². The van der Waals surface area contributed by atoms with Crippen LogP contribution >= 0.6 is 0 Å². The Kier molecular flexibility index (Phi) is 3.99. The minimum atomic E-state index is 0.156. The number of nitriles is 1. The van der Waals surface area contributed by atoms with Crippen LogP contribution in [0.25, 0.3) is 22.2 Å². The van der Waals surface area contributed by atoms with E-state index in [9.17, 15) is 5.26 Å². The summed E-state index contributed by atoms with van der Waals surface area (Å²) in [5.74, 6) is 0.731. The Bertz CT molecular complexity index is 865. The molecule has 3 aromatic heterocycles. The number of H-pyrrole nitrogens is 1. The van der Waals surface area contributed by atoms with E-state index in [0.29, 0.717) is 6.42 Å². The lowest BCUT2D eigenvalue weighted by atomic mass is 9.97. The van der Waals surface area contributed by atoms with E-state index < -0.39 is 0 Å². The lowest BCUT2D eigenvalue weighted by Crippen LogP contribution is -2.13. The molecular weight excluding hydrogens is 300 g/mol. The Hall–Kier alpha value is -2.68. The molecule has 6 heteroatoms. The Labute approximate surface area is 140 Å². The predicted octanol–water partition coefficient (Wildman–Crippen LogP) is 3.86. The highest BCUT2D eigenvalue weighted by Gasteiger charge is 2.22. The minimum absolute atomic E-state index is 0.156. The van der Waals surface area contributed by atoms with Crippen molar-refractivity contribution in [2.24, 2.45) is 5.92 Å². The van der Waals surface area contributed by atoms with Crippen LogP contribution in [-0.4, -0.2) is 25.0 Å². The van der Waals surface area contributed by atoms with Gasteiger partial charge in [-0.05, 0) is 18.4 Å². The van der Waals surface area contributed by atoms with Crippen molar-refractivity contribution in [2.45, 2.75) is 44.6 Å². The molecule has 24 heavy (non-hydrogen) atoms. The van der Waals surface area contributed by atoms with Crippen molar-refractivity contribution in [2.75, 3.05) is 0 Å². The van der Waals surface area contributed by atoms with Crippen LogP contribution in [0.5, 0.6) is 0 Å². The number of hydrogen-bond acceptors (Lipinski definition) is 4. The van der Waals surface area contributed by atoms with Crippen LogP contribution in [-0.2, 0) is 0 Å². The van der Waals surface area contributed by atoms with Gasteiger partial charge in [0.15, 0.2) is 5.65 Å². The third kappa shape index (κ3) is 2.78. The first-order valence-corrected chi connectivity index (χ1v) is 8.55. The maximum absolute atomic E-state index is 9.20. The zero-order valence-corrected chi connectivity index (χ0v) is 13.5. The first-order valence-electron chi connectivity index (χ1n) is 8.55. The maximum Gasteiger partial charge on any atom is 0.160 e. The molecule has 0 aromatic carbocycles. The second-order valence-corrected chi connectivity index (χ2v) is 6.61. The fourth-order valence-electron chi connectivity index (χ4n) is 3.80. The van der Waals surface area contributed by atoms with Gasteiger partial charge >= 0.3 is 0 Å². The molecule has 3 aromatic rings.